The van der Waals surface area contributed by atoms with Crippen LogP contribution in [0.3, 0.4) is 0 Å². The minimum Gasteiger partial charge on any atom is -0.481 e. The molecule has 0 bridgehead atoms. The van der Waals surface area contributed by atoms with Crippen LogP contribution in [0.1, 0.15) is 62.1 Å². The first-order valence-electron chi connectivity index (χ1n) is 10.9. The lowest BCUT2D eigenvalue weighted by atomic mass is 9.67. The predicted octanol–water partition coefficient (Wildman–Crippen LogP) is 5.45. The van der Waals surface area contributed by atoms with Gasteiger partial charge in [-0.05, 0) is 61.1 Å². The van der Waals surface area contributed by atoms with Crippen LogP contribution in [0.15, 0.2) is 48.5 Å². The van der Waals surface area contributed by atoms with Gasteiger partial charge in [-0.15, -0.1) is 0 Å². The van der Waals surface area contributed by atoms with E-state index in [9.17, 15) is 19.8 Å². The zero-order valence-corrected chi connectivity index (χ0v) is 19.4. The van der Waals surface area contributed by atoms with E-state index in [-0.39, 0.29) is 30.3 Å². The van der Waals surface area contributed by atoms with E-state index in [0.717, 1.165) is 11.1 Å². The van der Waals surface area contributed by atoms with Crippen molar-refractivity contribution in [2.24, 2.45) is 5.41 Å². The summed E-state index contributed by atoms with van der Waals surface area (Å²) in [5.41, 5.74) is 0.839. The highest BCUT2D eigenvalue weighted by Crippen LogP contribution is 2.53. The molecule has 1 saturated heterocycles. The van der Waals surface area contributed by atoms with Crippen LogP contribution in [0.25, 0.3) is 0 Å². The monoisotopic (exact) mass is 475 g/mol. The second kappa shape index (κ2) is 9.05. The van der Waals surface area contributed by atoms with Crippen molar-refractivity contribution < 1.29 is 19.8 Å². The van der Waals surface area contributed by atoms with Gasteiger partial charge in [-0.1, -0.05) is 54.4 Å². The smallest absolute Gasteiger partial charge is 0.304 e. The quantitative estimate of drug-likeness (QED) is 0.602. The lowest BCUT2D eigenvalue weighted by Gasteiger charge is -2.51. The van der Waals surface area contributed by atoms with Crippen LogP contribution in [0.2, 0.25) is 10.0 Å². The minimum atomic E-state index is -1.06. The van der Waals surface area contributed by atoms with Crippen molar-refractivity contribution in [1.82, 2.24) is 4.90 Å². The fourth-order valence-corrected chi connectivity index (χ4v) is 5.79. The molecule has 1 heterocycles. The number of amides is 1. The normalized spacial score (nSPS) is 30.5. The number of hydrogen-bond acceptors (Lipinski definition) is 3. The van der Waals surface area contributed by atoms with Gasteiger partial charge in [0.15, 0.2) is 0 Å². The van der Waals surface area contributed by atoms with Crippen molar-refractivity contribution in [3.05, 3.63) is 69.7 Å². The number of rotatable bonds is 5. The summed E-state index contributed by atoms with van der Waals surface area (Å²) >= 11 is 12.5. The van der Waals surface area contributed by atoms with Crippen molar-refractivity contribution in [2.45, 2.75) is 63.1 Å². The number of carbonyl (C=O) groups is 2. The van der Waals surface area contributed by atoms with Crippen molar-refractivity contribution in [2.75, 3.05) is 0 Å². The maximum absolute atomic E-state index is 13.9. The minimum absolute atomic E-state index is 0.158. The molecule has 0 unspecified atom stereocenters. The van der Waals surface area contributed by atoms with Crippen LogP contribution >= 0.6 is 23.2 Å². The zero-order chi connectivity index (χ0) is 23.0. The predicted molar refractivity (Wildman–Crippen MR) is 124 cm³/mol. The molecule has 0 radical (unpaired) electrons. The van der Waals surface area contributed by atoms with Crippen LogP contribution in [-0.4, -0.2) is 39.1 Å². The Morgan fingerprint density at radius 1 is 1.09 bits per heavy atom. The highest BCUT2D eigenvalue weighted by atomic mass is 35.5. The molecule has 7 heteroatoms. The summed E-state index contributed by atoms with van der Waals surface area (Å²) < 4.78 is 0. The number of piperidine rings is 1. The van der Waals surface area contributed by atoms with Gasteiger partial charge in [0.1, 0.15) is 0 Å². The Balaban J connectivity index is 1.88. The van der Waals surface area contributed by atoms with E-state index in [1.807, 2.05) is 47.4 Å². The molecule has 5 nitrogen and oxygen atoms in total. The van der Waals surface area contributed by atoms with E-state index < -0.39 is 17.5 Å². The van der Waals surface area contributed by atoms with E-state index in [4.69, 9.17) is 23.2 Å². The highest BCUT2D eigenvalue weighted by molar-refractivity contribution is 6.30. The molecular weight excluding hydrogens is 449 g/mol. The number of hydrogen-bond donors (Lipinski definition) is 2. The van der Waals surface area contributed by atoms with E-state index in [1.165, 1.54) is 0 Å². The van der Waals surface area contributed by atoms with Crippen LogP contribution in [0, 0.1) is 5.41 Å². The number of aliphatic hydroxyl groups excluding tert-OH is 1. The summed E-state index contributed by atoms with van der Waals surface area (Å²) in [4.78, 5) is 27.5. The molecular formula is C25H27Cl2NO4. The van der Waals surface area contributed by atoms with Gasteiger partial charge in [-0.25, -0.2) is 0 Å². The first-order chi connectivity index (χ1) is 15.2. The number of carbonyl (C=O) groups excluding carboxylic acids is 1. The van der Waals surface area contributed by atoms with E-state index >= 15 is 0 Å². The molecule has 2 aliphatic rings. The number of aliphatic carboxylic acids is 1. The number of carboxylic acid groups (broad SMARTS) is 1. The van der Waals surface area contributed by atoms with Gasteiger partial charge in [-0.2, -0.15) is 0 Å². The standard InChI is InChI=1S/C25H27Cl2NO4/c1-25(14-22(30)31)13-21(16-3-2-4-18(27)11-16)23(15-5-7-17(26)8-6-15)28(24(25)32)19-9-10-20(29)12-19/h2-8,11,19-21,23,29H,9-10,12-14H2,1H3,(H,30,31)/t19-,20+,21+,23+,25-/m0/s1. The first-order valence-corrected chi connectivity index (χ1v) is 11.7. The Morgan fingerprint density at radius 3 is 2.41 bits per heavy atom. The summed E-state index contributed by atoms with van der Waals surface area (Å²) in [6, 6.07) is 14.6. The molecule has 2 aromatic rings. The largest absolute Gasteiger partial charge is 0.481 e. The van der Waals surface area contributed by atoms with Gasteiger partial charge in [0, 0.05) is 22.0 Å². The lowest BCUT2D eigenvalue weighted by Crippen LogP contribution is -2.55. The SMILES string of the molecule is C[C@@]1(CC(=O)O)C[C@H](c2cccc(Cl)c2)[C@@H](c2ccc(Cl)cc2)N([C@H]2CC[C@@H](O)C2)C1=O. The molecule has 2 fully saturated rings. The Hall–Kier alpha value is -2.08. The van der Waals surface area contributed by atoms with E-state index in [0.29, 0.717) is 35.7 Å². The van der Waals surface area contributed by atoms with Crippen molar-refractivity contribution in [1.29, 1.82) is 0 Å². The fourth-order valence-electron chi connectivity index (χ4n) is 5.47. The fraction of sp³-hybridized carbons (Fsp3) is 0.440. The molecule has 4 rings (SSSR count). The number of nitrogens with zero attached hydrogens (tertiary/aromatic N) is 1. The second-order valence-corrected chi connectivity index (χ2v) is 10.2. The number of benzene rings is 2. The first kappa shape index (κ1) is 23.1. The van der Waals surface area contributed by atoms with Gasteiger partial charge < -0.3 is 15.1 Å². The van der Waals surface area contributed by atoms with Crippen molar-refractivity contribution in [3.63, 3.8) is 0 Å². The zero-order valence-electron chi connectivity index (χ0n) is 17.9. The molecule has 170 valence electrons. The summed E-state index contributed by atoms with van der Waals surface area (Å²) in [5.74, 6) is -1.33. The summed E-state index contributed by atoms with van der Waals surface area (Å²) in [6.07, 6.45) is 1.47. The van der Waals surface area contributed by atoms with Crippen molar-refractivity contribution >= 4 is 35.1 Å². The van der Waals surface area contributed by atoms with Gasteiger partial charge >= 0.3 is 5.97 Å². The average molecular weight is 476 g/mol. The van der Waals surface area contributed by atoms with E-state index in [2.05, 4.69) is 0 Å². The molecule has 0 aromatic heterocycles. The molecule has 2 N–H and O–H groups in total. The van der Waals surface area contributed by atoms with Crippen LogP contribution in [0.4, 0.5) is 0 Å². The van der Waals surface area contributed by atoms with Crippen LogP contribution in [-0.2, 0) is 9.59 Å². The maximum atomic E-state index is 13.9. The molecule has 2 aromatic carbocycles. The second-order valence-electron chi connectivity index (χ2n) is 9.33. The third-order valence-corrected chi connectivity index (χ3v) is 7.39. The third-order valence-electron chi connectivity index (χ3n) is 6.90. The number of carboxylic acids is 1. The number of likely N-dealkylation sites (tertiary alicyclic amines) is 1. The Bertz CT molecular complexity index is 1010. The highest BCUT2D eigenvalue weighted by Gasteiger charge is 2.53. The van der Waals surface area contributed by atoms with Crippen molar-refractivity contribution in [3.8, 4) is 0 Å². The van der Waals surface area contributed by atoms with Gasteiger partial charge in [0.2, 0.25) is 5.91 Å². The Kier molecular flexibility index (Phi) is 6.53. The van der Waals surface area contributed by atoms with E-state index in [1.54, 1.807) is 13.0 Å². The lowest BCUT2D eigenvalue weighted by molar-refractivity contribution is -0.160. The Morgan fingerprint density at radius 2 is 1.81 bits per heavy atom. The molecule has 32 heavy (non-hydrogen) atoms. The molecule has 1 amide bonds. The summed E-state index contributed by atoms with van der Waals surface area (Å²) in [6.45, 7) is 1.75. The molecule has 1 saturated carbocycles. The molecule has 1 aliphatic carbocycles. The number of halogens is 2. The van der Waals surface area contributed by atoms with Gasteiger partial charge in [0.25, 0.3) is 0 Å². The molecule has 5 atom stereocenters. The van der Waals surface area contributed by atoms with Gasteiger partial charge in [-0.3, -0.25) is 9.59 Å². The molecule has 1 aliphatic heterocycles. The Labute approximate surface area is 197 Å². The van der Waals surface area contributed by atoms with Gasteiger partial charge in [0.05, 0.1) is 24.0 Å². The molecule has 0 spiro atoms. The van der Waals surface area contributed by atoms with Crippen LogP contribution < -0.4 is 0 Å². The topological polar surface area (TPSA) is 77.8 Å². The summed E-state index contributed by atoms with van der Waals surface area (Å²) in [7, 11) is 0. The average Bonchev–Trinajstić information content (AvgIpc) is 3.16. The number of aliphatic hydroxyl groups is 1. The maximum Gasteiger partial charge on any atom is 0.304 e. The van der Waals surface area contributed by atoms with Crippen LogP contribution in [0.5, 0.6) is 0 Å². The summed E-state index contributed by atoms with van der Waals surface area (Å²) in [5, 5.41) is 21.0. The third kappa shape index (κ3) is 4.52.